The van der Waals surface area contributed by atoms with Crippen LogP contribution in [-0.4, -0.2) is 51.4 Å². The number of nitrogens with one attached hydrogen (secondary N) is 2. The summed E-state index contributed by atoms with van der Waals surface area (Å²) < 4.78 is 0. The maximum Gasteiger partial charge on any atom is 0.248 e. The first-order valence-electron chi connectivity index (χ1n) is 12.6. The lowest BCUT2D eigenvalue weighted by molar-refractivity contribution is -0.111. The highest BCUT2D eigenvalue weighted by molar-refractivity contribution is 6.00. The van der Waals surface area contributed by atoms with Crippen LogP contribution < -0.4 is 5.32 Å². The summed E-state index contributed by atoms with van der Waals surface area (Å²) in [7, 11) is 3.92. The Morgan fingerprint density at radius 1 is 0.974 bits per heavy atom. The van der Waals surface area contributed by atoms with Gasteiger partial charge < -0.3 is 15.2 Å². The number of aromatic nitrogens is 4. The predicted molar refractivity (Wildman–Crippen MR) is 153 cm³/mol. The van der Waals surface area contributed by atoms with E-state index in [4.69, 9.17) is 0 Å². The lowest BCUT2D eigenvalue weighted by atomic mass is 9.99. The summed E-state index contributed by atoms with van der Waals surface area (Å²) in [5.74, 6) is -0.155. The lowest BCUT2D eigenvalue weighted by Gasteiger charge is -2.09. The number of benzene rings is 2. The molecule has 38 heavy (non-hydrogen) atoms. The van der Waals surface area contributed by atoms with E-state index >= 15 is 0 Å². The molecular weight excluding hydrogens is 472 g/mol. The van der Waals surface area contributed by atoms with Gasteiger partial charge in [-0.2, -0.15) is 0 Å². The van der Waals surface area contributed by atoms with Crippen molar-refractivity contribution in [2.24, 2.45) is 0 Å². The van der Waals surface area contributed by atoms with E-state index in [1.807, 2.05) is 74.0 Å². The van der Waals surface area contributed by atoms with Crippen LogP contribution >= 0.6 is 0 Å². The highest BCUT2D eigenvalue weighted by Gasteiger charge is 2.14. The number of amides is 1. The Morgan fingerprint density at radius 3 is 2.68 bits per heavy atom. The van der Waals surface area contributed by atoms with E-state index < -0.39 is 0 Å². The third kappa shape index (κ3) is 6.02. The Kier molecular flexibility index (Phi) is 7.66. The van der Waals surface area contributed by atoms with Crippen LogP contribution in [0.25, 0.3) is 33.4 Å². The number of hydrogen-bond donors (Lipinski definition) is 2. The number of H-pyrrole nitrogens is 1. The highest BCUT2D eigenvalue weighted by atomic mass is 16.1. The molecule has 3 heterocycles. The minimum absolute atomic E-state index is 0.155. The molecule has 0 fully saturated rings. The standard InChI is InChI=1S/C31H30N6O/c1-37(2)15-7-12-29(38)36-26-11-6-10-23(16-26)25-17-27-28(20-34-31(27)33-19-25)30-24(18-32-21-35-30)14-13-22-8-4-3-5-9-22/h3-12,16-21H,13-15H2,1-2H3,(H,33,34)(H,36,38). The van der Waals surface area contributed by atoms with Gasteiger partial charge in [0.2, 0.25) is 5.91 Å². The van der Waals surface area contributed by atoms with E-state index in [-0.39, 0.29) is 5.91 Å². The molecule has 0 unspecified atom stereocenters. The molecule has 0 spiro atoms. The second-order valence-electron chi connectivity index (χ2n) is 9.44. The van der Waals surface area contributed by atoms with E-state index in [0.29, 0.717) is 6.54 Å². The monoisotopic (exact) mass is 502 g/mol. The van der Waals surface area contributed by atoms with Crippen LogP contribution in [-0.2, 0) is 17.6 Å². The number of likely N-dealkylation sites (N-methyl/N-ethyl adjacent to an activating group) is 1. The minimum atomic E-state index is -0.155. The molecule has 2 aromatic carbocycles. The van der Waals surface area contributed by atoms with Crippen LogP contribution in [0.1, 0.15) is 11.1 Å². The van der Waals surface area contributed by atoms with Crippen LogP contribution in [0.15, 0.2) is 97.7 Å². The van der Waals surface area contributed by atoms with Crippen molar-refractivity contribution in [3.05, 3.63) is 109 Å². The molecule has 1 amide bonds. The van der Waals surface area contributed by atoms with Crippen LogP contribution in [0.4, 0.5) is 5.69 Å². The zero-order valence-electron chi connectivity index (χ0n) is 21.6. The smallest absolute Gasteiger partial charge is 0.248 e. The Hall–Kier alpha value is -4.62. The minimum Gasteiger partial charge on any atom is -0.345 e. The summed E-state index contributed by atoms with van der Waals surface area (Å²) in [6.07, 6.45) is 12.5. The number of hydrogen-bond acceptors (Lipinski definition) is 5. The molecule has 0 radical (unpaired) electrons. The number of anilines is 1. The number of nitrogens with zero attached hydrogens (tertiary/aromatic N) is 4. The van der Waals surface area contributed by atoms with Gasteiger partial charge in [0.05, 0.1) is 5.69 Å². The van der Waals surface area contributed by atoms with E-state index in [2.05, 4.69) is 55.6 Å². The molecule has 2 N–H and O–H groups in total. The second-order valence-corrected chi connectivity index (χ2v) is 9.44. The van der Waals surface area contributed by atoms with E-state index in [9.17, 15) is 4.79 Å². The van der Waals surface area contributed by atoms with Gasteiger partial charge >= 0.3 is 0 Å². The van der Waals surface area contributed by atoms with Crippen molar-refractivity contribution in [2.75, 3.05) is 26.0 Å². The van der Waals surface area contributed by atoms with Crippen molar-refractivity contribution in [2.45, 2.75) is 12.8 Å². The summed E-state index contributed by atoms with van der Waals surface area (Å²) in [4.78, 5) is 31.2. The van der Waals surface area contributed by atoms with Gasteiger partial charge in [0, 0.05) is 53.4 Å². The Bertz CT molecular complexity index is 1570. The third-order valence-corrected chi connectivity index (χ3v) is 6.30. The summed E-state index contributed by atoms with van der Waals surface area (Å²) in [6, 6.07) is 20.4. The van der Waals surface area contributed by atoms with Gasteiger partial charge in [-0.15, -0.1) is 0 Å². The molecule has 0 aliphatic rings. The average molecular weight is 503 g/mol. The number of rotatable bonds is 9. The van der Waals surface area contributed by atoms with Crippen molar-refractivity contribution in [1.82, 2.24) is 24.8 Å². The van der Waals surface area contributed by atoms with Gasteiger partial charge in [-0.1, -0.05) is 48.5 Å². The van der Waals surface area contributed by atoms with E-state index in [1.165, 1.54) is 5.56 Å². The van der Waals surface area contributed by atoms with Crippen molar-refractivity contribution in [1.29, 1.82) is 0 Å². The maximum atomic E-state index is 12.3. The molecule has 0 atom stereocenters. The molecule has 0 aliphatic carbocycles. The number of aryl methyl sites for hydroxylation is 2. The van der Waals surface area contributed by atoms with E-state index in [0.717, 1.165) is 57.5 Å². The van der Waals surface area contributed by atoms with Crippen LogP contribution in [0.3, 0.4) is 0 Å². The van der Waals surface area contributed by atoms with Crippen LogP contribution in [0.5, 0.6) is 0 Å². The molecule has 0 aliphatic heterocycles. The zero-order valence-corrected chi connectivity index (χ0v) is 21.6. The Labute approximate surface area is 222 Å². The Morgan fingerprint density at radius 2 is 1.84 bits per heavy atom. The van der Waals surface area contributed by atoms with Gasteiger partial charge in [-0.05, 0) is 61.8 Å². The summed E-state index contributed by atoms with van der Waals surface area (Å²) in [5, 5.41) is 3.93. The largest absolute Gasteiger partial charge is 0.345 e. The van der Waals surface area contributed by atoms with Gasteiger partial charge in [-0.3, -0.25) is 4.79 Å². The molecule has 7 heteroatoms. The predicted octanol–water partition coefficient (Wildman–Crippen LogP) is 5.53. The molecule has 0 saturated carbocycles. The molecule has 0 saturated heterocycles. The lowest BCUT2D eigenvalue weighted by Crippen LogP contribution is -2.12. The molecular formula is C31H30N6O. The number of carbonyl (C=O) groups excluding carboxylic acids is 1. The first-order chi connectivity index (χ1) is 18.6. The van der Waals surface area contributed by atoms with Crippen LogP contribution in [0, 0.1) is 0 Å². The van der Waals surface area contributed by atoms with Gasteiger partial charge in [0.15, 0.2) is 0 Å². The van der Waals surface area contributed by atoms with Gasteiger partial charge in [-0.25, -0.2) is 15.0 Å². The molecule has 5 aromatic rings. The van der Waals surface area contributed by atoms with Crippen LogP contribution in [0.2, 0.25) is 0 Å². The topological polar surface area (TPSA) is 86.8 Å². The molecule has 5 rings (SSSR count). The maximum absolute atomic E-state index is 12.3. The summed E-state index contributed by atoms with van der Waals surface area (Å²) >= 11 is 0. The fourth-order valence-corrected chi connectivity index (χ4v) is 4.40. The number of aromatic amines is 1. The van der Waals surface area contributed by atoms with Gasteiger partial charge in [0.1, 0.15) is 12.0 Å². The fourth-order valence-electron chi connectivity index (χ4n) is 4.40. The summed E-state index contributed by atoms with van der Waals surface area (Å²) in [5.41, 5.74) is 7.73. The average Bonchev–Trinajstić information content (AvgIpc) is 3.36. The number of pyridine rings is 1. The Balaban J connectivity index is 1.41. The quantitative estimate of drug-likeness (QED) is 0.259. The van der Waals surface area contributed by atoms with Crippen molar-refractivity contribution in [3.8, 4) is 22.4 Å². The highest BCUT2D eigenvalue weighted by Crippen LogP contribution is 2.32. The molecule has 0 bridgehead atoms. The third-order valence-electron chi connectivity index (χ3n) is 6.30. The second kappa shape index (κ2) is 11.6. The number of fused-ring (bicyclic) bond motifs is 1. The number of carbonyl (C=O) groups is 1. The molecule has 3 aromatic heterocycles. The SMILES string of the molecule is CN(C)CC=CC(=O)Nc1cccc(-c2cnc3[nH]cc(-c4ncncc4CCc4ccccc4)c3c2)c1. The zero-order chi connectivity index (χ0) is 26.3. The molecule has 190 valence electrons. The van der Waals surface area contributed by atoms with Gasteiger partial charge in [0.25, 0.3) is 0 Å². The molecule has 7 nitrogen and oxygen atoms in total. The van der Waals surface area contributed by atoms with E-state index in [1.54, 1.807) is 12.4 Å². The normalized spacial score (nSPS) is 11.4. The first-order valence-corrected chi connectivity index (χ1v) is 12.6. The fraction of sp³-hybridized carbons (Fsp3) is 0.161. The van der Waals surface area contributed by atoms with Crippen molar-refractivity contribution >= 4 is 22.6 Å². The van der Waals surface area contributed by atoms with Crippen molar-refractivity contribution in [3.63, 3.8) is 0 Å². The first kappa shape index (κ1) is 25.0. The van der Waals surface area contributed by atoms with Crippen molar-refractivity contribution < 1.29 is 4.79 Å². The summed E-state index contributed by atoms with van der Waals surface area (Å²) in [6.45, 7) is 0.707.